The van der Waals surface area contributed by atoms with Crippen molar-refractivity contribution in [2.75, 3.05) is 6.54 Å². The van der Waals surface area contributed by atoms with Gasteiger partial charge in [0.05, 0.1) is 0 Å². The molecule has 0 saturated carbocycles. The summed E-state index contributed by atoms with van der Waals surface area (Å²) < 4.78 is 36.1. The lowest BCUT2D eigenvalue weighted by Gasteiger charge is -2.15. The van der Waals surface area contributed by atoms with Gasteiger partial charge in [0.25, 0.3) is 5.91 Å². The largest absolute Gasteiger partial charge is 0.405 e. The van der Waals surface area contributed by atoms with Crippen LogP contribution >= 0.6 is 0 Å². The summed E-state index contributed by atoms with van der Waals surface area (Å²) in [6.45, 7) is -0.628. The fourth-order valence-corrected chi connectivity index (χ4v) is 1.01. The lowest BCUT2D eigenvalue weighted by atomic mass is 10.2. The van der Waals surface area contributed by atoms with Crippen molar-refractivity contribution in [2.24, 2.45) is 5.73 Å². The number of hydrogen-bond acceptors (Lipinski definition) is 2. The summed E-state index contributed by atoms with van der Waals surface area (Å²) in [5, 5.41) is 2.12. The van der Waals surface area contributed by atoms with Gasteiger partial charge in [-0.15, -0.1) is 0 Å². The van der Waals surface area contributed by atoms with E-state index in [0.717, 1.165) is 0 Å². The van der Waals surface area contributed by atoms with E-state index in [-0.39, 0.29) is 0 Å². The van der Waals surface area contributed by atoms with Crippen LogP contribution < -0.4 is 11.1 Å². The van der Waals surface area contributed by atoms with Crippen LogP contribution in [0.25, 0.3) is 0 Å². The highest BCUT2D eigenvalue weighted by molar-refractivity contribution is 5.94. The highest BCUT2D eigenvalue weighted by Crippen LogP contribution is 2.17. The average molecular weight is 232 g/mol. The molecule has 0 saturated heterocycles. The Hall–Kier alpha value is -1.56. The molecule has 0 heterocycles. The number of carbonyl (C=O) groups is 1. The van der Waals surface area contributed by atoms with Gasteiger partial charge in [-0.1, -0.05) is 18.2 Å². The maximum atomic E-state index is 12.0. The van der Waals surface area contributed by atoms with Crippen LogP contribution in [0, 0.1) is 0 Å². The minimum atomic E-state index is -4.50. The van der Waals surface area contributed by atoms with Crippen molar-refractivity contribution in [1.29, 1.82) is 0 Å². The van der Waals surface area contributed by atoms with Crippen molar-refractivity contribution in [3.05, 3.63) is 35.9 Å². The molecule has 0 spiro atoms. The van der Waals surface area contributed by atoms with E-state index in [1.807, 2.05) is 0 Å². The Labute approximate surface area is 90.4 Å². The Kier molecular flexibility index (Phi) is 3.89. The maximum Gasteiger partial charge on any atom is 0.405 e. The van der Waals surface area contributed by atoms with Gasteiger partial charge in [0, 0.05) is 12.1 Å². The van der Waals surface area contributed by atoms with Crippen molar-refractivity contribution in [3.63, 3.8) is 0 Å². The van der Waals surface area contributed by atoms with Crippen LogP contribution in [0.4, 0.5) is 13.2 Å². The number of rotatable bonds is 3. The molecule has 3 nitrogen and oxygen atoms in total. The number of nitrogens with one attached hydrogen (secondary N) is 1. The molecule has 3 N–H and O–H groups in total. The van der Waals surface area contributed by atoms with Gasteiger partial charge in [-0.3, -0.25) is 4.79 Å². The summed E-state index contributed by atoms with van der Waals surface area (Å²) in [5.41, 5.74) is 5.14. The molecule has 1 rings (SSSR count). The zero-order valence-corrected chi connectivity index (χ0v) is 8.29. The molecule has 0 aromatic heterocycles. The van der Waals surface area contributed by atoms with Gasteiger partial charge < -0.3 is 11.1 Å². The van der Waals surface area contributed by atoms with Crippen LogP contribution in [-0.4, -0.2) is 24.7 Å². The summed E-state index contributed by atoms with van der Waals surface area (Å²) in [6, 6.07) is 5.93. The standard InChI is InChI=1S/C10H11F3N2O/c11-10(12,13)8(14)6-15-9(16)7-4-2-1-3-5-7/h1-5,8H,6,14H2,(H,15,16)/t8-/m0/s1. The van der Waals surface area contributed by atoms with Crippen LogP contribution in [0.15, 0.2) is 30.3 Å². The quantitative estimate of drug-likeness (QED) is 0.825. The average Bonchev–Trinajstić information content (AvgIpc) is 2.25. The molecule has 0 unspecified atom stereocenters. The van der Waals surface area contributed by atoms with E-state index < -0.39 is 24.7 Å². The zero-order valence-electron chi connectivity index (χ0n) is 8.29. The second kappa shape index (κ2) is 4.98. The van der Waals surface area contributed by atoms with Crippen molar-refractivity contribution >= 4 is 5.91 Å². The molecule has 6 heteroatoms. The molecular weight excluding hydrogens is 221 g/mol. The Morgan fingerprint density at radius 1 is 1.31 bits per heavy atom. The predicted octanol–water partition coefficient (Wildman–Crippen LogP) is 1.31. The monoisotopic (exact) mass is 232 g/mol. The van der Waals surface area contributed by atoms with E-state index >= 15 is 0 Å². The van der Waals surface area contributed by atoms with Crippen LogP contribution in [0.2, 0.25) is 0 Å². The number of alkyl halides is 3. The second-order valence-corrected chi connectivity index (χ2v) is 3.22. The fraction of sp³-hybridized carbons (Fsp3) is 0.300. The van der Waals surface area contributed by atoms with E-state index in [2.05, 4.69) is 5.32 Å². The van der Waals surface area contributed by atoms with Gasteiger partial charge >= 0.3 is 6.18 Å². The zero-order chi connectivity index (χ0) is 12.2. The normalized spacial score (nSPS) is 13.2. The molecule has 88 valence electrons. The topological polar surface area (TPSA) is 55.1 Å². The molecule has 0 radical (unpaired) electrons. The summed E-state index contributed by atoms with van der Waals surface area (Å²) in [5.74, 6) is -0.569. The van der Waals surface area contributed by atoms with Crippen LogP contribution in [0.5, 0.6) is 0 Å². The third-order valence-electron chi connectivity index (χ3n) is 1.94. The molecule has 0 aliphatic carbocycles. The van der Waals surface area contributed by atoms with Gasteiger partial charge in [0.2, 0.25) is 0 Å². The lowest BCUT2D eigenvalue weighted by Crippen LogP contribution is -2.46. The maximum absolute atomic E-state index is 12.0. The first kappa shape index (κ1) is 12.5. The summed E-state index contributed by atoms with van der Waals surface area (Å²) in [4.78, 5) is 11.3. The summed E-state index contributed by atoms with van der Waals surface area (Å²) in [7, 11) is 0. The molecule has 1 atom stereocenters. The van der Waals surface area contributed by atoms with Gasteiger partial charge in [0.1, 0.15) is 6.04 Å². The van der Waals surface area contributed by atoms with E-state index in [4.69, 9.17) is 5.73 Å². The van der Waals surface area contributed by atoms with Gasteiger partial charge in [-0.05, 0) is 12.1 Å². The molecule has 0 aliphatic rings. The van der Waals surface area contributed by atoms with Gasteiger partial charge in [-0.2, -0.15) is 13.2 Å². The fourth-order valence-electron chi connectivity index (χ4n) is 1.01. The number of hydrogen-bond donors (Lipinski definition) is 2. The molecule has 1 aromatic carbocycles. The van der Waals surface area contributed by atoms with Crippen molar-refractivity contribution < 1.29 is 18.0 Å². The van der Waals surface area contributed by atoms with E-state index in [1.54, 1.807) is 18.2 Å². The van der Waals surface area contributed by atoms with Crippen LogP contribution in [0.3, 0.4) is 0 Å². The number of benzene rings is 1. The van der Waals surface area contributed by atoms with Crippen LogP contribution in [0.1, 0.15) is 10.4 Å². The summed E-state index contributed by atoms with van der Waals surface area (Å²) in [6.07, 6.45) is -4.50. The highest BCUT2D eigenvalue weighted by Gasteiger charge is 2.36. The van der Waals surface area contributed by atoms with E-state index in [0.29, 0.717) is 5.56 Å². The Bertz CT molecular complexity index is 351. The first-order valence-electron chi connectivity index (χ1n) is 4.57. The highest BCUT2D eigenvalue weighted by atomic mass is 19.4. The van der Waals surface area contributed by atoms with Crippen molar-refractivity contribution in [1.82, 2.24) is 5.32 Å². The first-order valence-corrected chi connectivity index (χ1v) is 4.57. The smallest absolute Gasteiger partial charge is 0.350 e. The second-order valence-electron chi connectivity index (χ2n) is 3.22. The van der Waals surface area contributed by atoms with Gasteiger partial charge in [-0.25, -0.2) is 0 Å². The third kappa shape index (κ3) is 3.54. The Morgan fingerprint density at radius 3 is 2.38 bits per heavy atom. The third-order valence-corrected chi connectivity index (χ3v) is 1.94. The number of nitrogens with two attached hydrogens (primary N) is 1. The number of amides is 1. The first-order chi connectivity index (χ1) is 7.41. The Balaban J connectivity index is 2.48. The summed E-state index contributed by atoms with van der Waals surface area (Å²) >= 11 is 0. The van der Waals surface area contributed by atoms with Crippen LogP contribution in [-0.2, 0) is 0 Å². The molecule has 16 heavy (non-hydrogen) atoms. The lowest BCUT2D eigenvalue weighted by molar-refractivity contribution is -0.146. The molecule has 1 amide bonds. The predicted molar refractivity (Wildman–Crippen MR) is 52.8 cm³/mol. The van der Waals surface area contributed by atoms with Crippen molar-refractivity contribution in [3.8, 4) is 0 Å². The number of carbonyl (C=O) groups excluding carboxylic acids is 1. The molecule has 0 fully saturated rings. The van der Waals surface area contributed by atoms with Gasteiger partial charge in [0.15, 0.2) is 0 Å². The molecule has 1 aromatic rings. The molecule has 0 bridgehead atoms. The minimum Gasteiger partial charge on any atom is -0.350 e. The van der Waals surface area contributed by atoms with Crippen molar-refractivity contribution in [2.45, 2.75) is 12.2 Å². The minimum absolute atomic E-state index is 0.303. The SMILES string of the molecule is N[C@@H](CNC(=O)c1ccccc1)C(F)(F)F. The Morgan fingerprint density at radius 2 is 1.88 bits per heavy atom. The van der Waals surface area contributed by atoms with E-state index in [9.17, 15) is 18.0 Å². The molecular formula is C10H11F3N2O. The molecule has 0 aliphatic heterocycles. The number of halogens is 3. The van der Waals surface area contributed by atoms with E-state index in [1.165, 1.54) is 12.1 Å².